The second-order valence-electron chi connectivity index (χ2n) is 8.40. The molecule has 0 radical (unpaired) electrons. The van der Waals surface area contributed by atoms with Crippen LogP contribution in [0.3, 0.4) is 0 Å². The molecule has 0 saturated carbocycles. The molecule has 1 N–H and O–H groups in total. The van der Waals surface area contributed by atoms with Crippen molar-refractivity contribution in [2.45, 2.75) is 26.3 Å². The third-order valence-corrected chi connectivity index (χ3v) is 7.18. The summed E-state index contributed by atoms with van der Waals surface area (Å²) in [6, 6.07) is 16.5. The zero-order valence-electron chi connectivity index (χ0n) is 19.2. The van der Waals surface area contributed by atoms with Crippen molar-refractivity contribution >= 4 is 39.1 Å². The van der Waals surface area contributed by atoms with E-state index in [1.54, 1.807) is 36.1 Å². The maximum absolute atomic E-state index is 13.1. The number of anilines is 1. The molecule has 9 heteroatoms. The number of para-hydroxylation sites is 1. The summed E-state index contributed by atoms with van der Waals surface area (Å²) in [6.07, 6.45) is 3.37. The highest BCUT2D eigenvalue weighted by Crippen LogP contribution is 2.28. The van der Waals surface area contributed by atoms with E-state index in [0.29, 0.717) is 32.1 Å². The van der Waals surface area contributed by atoms with Gasteiger partial charge in [0.25, 0.3) is 11.5 Å². The number of thiophene rings is 1. The molecule has 178 valence electrons. The standard InChI is InChI=1S/C26H24N4O4S/c1-17-22-25(27-16-30(26(22)33)15-21(31)29-13-5-6-14-29)35-23(17)24(32)28-18-9-11-20(12-10-18)34-19-7-3-2-4-8-19/h2-4,7-12,16H,5-6,13-15H2,1H3,(H,28,32). The highest BCUT2D eigenvalue weighted by atomic mass is 32.1. The van der Waals surface area contributed by atoms with Crippen molar-refractivity contribution in [3.05, 3.63) is 81.7 Å². The molecule has 0 bridgehead atoms. The van der Waals surface area contributed by atoms with Gasteiger partial charge in [-0.3, -0.25) is 19.0 Å². The van der Waals surface area contributed by atoms with Crippen molar-refractivity contribution in [2.75, 3.05) is 18.4 Å². The fourth-order valence-electron chi connectivity index (χ4n) is 4.12. The Morgan fingerprint density at radius 1 is 1.03 bits per heavy atom. The van der Waals surface area contributed by atoms with Gasteiger partial charge in [-0.05, 0) is 61.7 Å². The molecule has 3 heterocycles. The Kier molecular flexibility index (Phi) is 6.33. The largest absolute Gasteiger partial charge is 0.457 e. The quantitative estimate of drug-likeness (QED) is 0.433. The summed E-state index contributed by atoms with van der Waals surface area (Å²) < 4.78 is 7.11. The van der Waals surface area contributed by atoms with Crippen LogP contribution >= 0.6 is 11.3 Å². The van der Waals surface area contributed by atoms with Crippen LogP contribution in [-0.2, 0) is 11.3 Å². The lowest BCUT2D eigenvalue weighted by Crippen LogP contribution is -2.34. The van der Waals surface area contributed by atoms with E-state index in [1.165, 1.54) is 22.2 Å². The number of aromatic nitrogens is 2. The molecule has 0 atom stereocenters. The van der Waals surface area contributed by atoms with Crippen LogP contribution in [0.2, 0.25) is 0 Å². The first kappa shape index (κ1) is 22.8. The number of fused-ring (bicyclic) bond motifs is 1. The number of hydrogen-bond donors (Lipinski definition) is 1. The van der Waals surface area contributed by atoms with Crippen molar-refractivity contribution in [2.24, 2.45) is 0 Å². The molecule has 1 saturated heterocycles. The normalized spacial score (nSPS) is 13.2. The molecule has 5 rings (SSSR count). The van der Waals surface area contributed by atoms with E-state index in [2.05, 4.69) is 10.3 Å². The zero-order valence-corrected chi connectivity index (χ0v) is 20.0. The zero-order chi connectivity index (χ0) is 24.4. The van der Waals surface area contributed by atoms with Gasteiger partial charge in [0.05, 0.1) is 16.6 Å². The second kappa shape index (κ2) is 9.71. The number of nitrogens with zero attached hydrogens (tertiary/aromatic N) is 3. The van der Waals surface area contributed by atoms with E-state index in [1.807, 2.05) is 30.3 Å². The number of likely N-dealkylation sites (tertiary alicyclic amines) is 1. The minimum Gasteiger partial charge on any atom is -0.457 e. The minimum absolute atomic E-state index is 0.0456. The van der Waals surface area contributed by atoms with Crippen LogP contribution in [0.15, 0.2) is 65.7 Å². The summed E-state index contributed by atoms with van der Waals surface area (Å²) >= 11 is 1.17. The third kappa shape index (κ3) is 4.81. The summed E-state index contributed by atoms with van der Waals surface area (Å²) in [5.74, 6) is 0.976. The maximum atomic E-state index is 13.1. The summed E-state index contributed by atoms with van der Waals surface area (Å²) in [5, 5.41) is 3.25. The van der Waals surface area contributed by atoms with Gasteiger partial charge in [-0.15, -0.1) is 11.3 Å². The third-order valence-electron chi connectivity index (χ3n) is 5.98. The average molecular weight is 489 g/mol. The Morgan fingerprint density at radius 3 is 2.43 bits per heavy atom. The number of aryl methyl sites for hydroxylation is 1. The molecule has 35 heavy (non-hydrogen) atoms. The SMILES string of the molecule is Cc1c(C(=O)Nc2ccc(Oc3ccccc3)cc2)sc2ncn(CC(=O)N3CCCC3)c(=O)c12. The van der Waals surface area contributed by atoms with Gasteiger partial charge in [0.2, 0.25) is 5.91 Å². The molecule has 2 aromatic carbocycles. The number of rotatable bonds is 6. The van der Waals surface area contributed by atoms with Crippen LogP contribution in [-0.4, -0.2) is 39.4 Å². The van der Waals surface area contributed by atoms with Crippen LogP contribution in [0, 0.1) is 6.92 Å². The number of carbonyl (C=O) groups is 2. The van der Waals surface area contributed by atoms with E-state index in [4.69, 9.17) is 4.74 Å². The average Bonchev–Trinajstić information content (AvgIpc) is 3.52. The molecule has 2 aromatic heterocycles. The first-order valence-electron chi connectivity index (χ1n) is 11.4. The molecule has 1 fully saturated rings. The molecule has 0 aliphatic carbocycles. The van der Waals surface area contributed by atoms with Crippen LogP contribution in [0.1, 0.15) is 28.1 Å². The van der Waals surface area contributed by atoms with Gasteiger partial charge in [0.15, 0.2) is 0 Å². The first-order chi connectivity index (χ1) is 17.0. The van der Waals surface area contributed by atoms with Crippen LogP contribution < -0.4 is 15.6 Å². The Labute approximate surface area is 205 Å². The Bertz CT molecular complexity index is 1440. The first-order valence-corrected chi connectivity index (χ1v) is 12.2. The predicted molar refractivity (Wildman–Crippen MR) is 135 cm³/mol. The van der Waals surface area contributed by atoms with Gasteiger partial charge < -0.3 is 15.0 Å². The number of carbonyl (C=O) groups excluding carboxylic acids is 2. The number of ether oxygens (including phenoxy) is 1. The van der Waals surface area contributed by atoms with Gasteiger partial charge in [0, 0.05) is 18.8 Å². The highest BCUT2D eigenvalue weighted by Gasteiger charge is 2.22. The molecule has 1 aliphatic rings. The highest BCUT2D eigenvalue weighted by molar-refractivity contribution is 7.20. The molecular weight excluding hydrogens is 464 g/mol. The fraction of sp³-hybridized carbons (Fsp3) is 0.231. The van der Waals surface area contributed by atoms with Crippen LogP contribution in [0.25, 0.3) is 10.2 Å². The minimum atomic E-state index is -0.318. The summed E-state index contributed by atoms with van der Waals surface area (Å²) in [5.41, 5.74) is 0.860. The van der Waals surface area contributed by atoms with E-state index in [0.717, 1.165) is 31.7 Å². The predicted octanol–water partition coefficient (Wildman–Crippen LogP) is 4.43. The molecule has 8 nitrogen and oxygen atoms in total. The van der Waals surface area contributed by atoms with Crippen molar-refractivity contribution < 1.29 is 14.3 Å². The monoisotopic (exact) mass is 488 g/mol. The second-order valence-corrected chi connectivity index (χ2v) is 9.39. The van der Waals surface area contributed by atoms with Crippen molar-refractivity contribution in [1.82, 2.24) is 14.5 Å². The van der Waals surface area contributed by atoms with Gasteiger partial charge in [-0.25, -0.2) is 4.98 Å². The Morgan fingerprint density at radius 2 is 1.71 bits per heavy atom. The fourth-order valence-corrected chi connectivity index (χ4v) is 5.15. The van der Waals surface area contributed by atoms with Crippen molar-refractivity contribution in [3.8, 4) is 11.5 Å². The molecular formula is C26H24N4O4S. The molecule has 0 spiro atoms. The number of amides is 2. The molecule has 1 aliphatic heterocycles. The van der Waals surface area contributed by atoms with Crippen molar-refractivity contribution in [1.29, 1.82) is 0 Å². The molecule has 4 aromatic rings. The van der Waals surface area contributed by atoms with E-state index >= 15 is 0 Å². The van der Waals surface area contributed by atoms with Gasteiger partial charge >= 0.3 is 0 Å². The van der Waals surface area contributed by atoms with Gasteiger partial charge in [0.1, 0.15) is 22.9 Å². The van der Waals surface area contributed by atoms with Gasteiger partial charge in [-0.1, -0.05) is 18.2 Å². The topological polar surface area (TPSA) is 93.5 Å². The molecule has 2 amide bonds. The van der Waals surface area contributed by atoms with Crippen molar-refractivity contribution in [3.63, 3.8) is 0 Å². The smallest absolute Gasteiger partial charge is 0.266 e. The van der Waals surface area contributed by atoms with Gasteiger partial charge in [-0.2, -0.15) is 0 Å². The summed E-state index contributed by atoms with van der Waals surface area (Å²) in [6.45, 7) is 3.14. The lowest BCUT2D eigenvalue weighted by atomic mass is 10.2. The lowest BCUT2D eigenvalue weighted by molar-refractivity contribution is -0.130. The number of benzene rings is 2. The molecule has 0 unspecified atom stereocenters. The van der Waals surface area contributed by atoms with Crippen LogP contribution in [0.4, 0.5) is 5.69 Å². The lowest BCUT2D eigenvalue weighted by Gasteiger charge is -2.15. The number of hydrogen-bond acceptors (Lipinski definition) is 6. The number of nitrogens with one attached hydrogen (secondary N) is 1. The van der Waals surface area contributed by atoms with E-state index in [-0.39, 0.29) is 23.9 Å². The van der Waals surface area contributed by atoms with E-state index in [9.17, 15) is 14.4 Å². The Hall–Kier alpha value is -3.98. The Balaban J connectivity index is 1.32. The van der Waals surface area contributed by atoms with E-state index < -0.39 is 0 Å². The maximum Gasteiger partial charge on any atom is 0.266 e. The van der Waals surface area contributed by atoms with Crippen LogP contribution in [0.5, 0.6) is 11.5 Å². The summed E-state index contributed by atoms with van der Waals surface area (Å²) in [7, 11) is 0. The summed E-state index contributed by atoms with van der Waals surface area (Å²) in [4.78, 5) is 45.6.